The highest BCUT2D eigenvalue weighted by Crippen LogP contribution is 2.27. The summed E-state index contributed by atoms with van der Waals surface area (Å²) in [5.41, 5.74) is 1.04. The summed E-state index contributed by atoms with van der Waals surface area (Å²) in [5.74, 6) is -0.508. The Morgan fingerprint density at radius 2 is 1.86 bits per heavy atom. The molecular weight excluding hydrogens is 274 g/mol. The number of hydrogen-bond donors (Lipinski definition) is 1. The molecule has 4 nitrogen and oxygen atoms in total. The van der Waals surface area contributed by atoms with Crippen LogP contribution >= 0.6 is 0 Å². The van der Waals surface area contributed by atoms with Gasteiger partial charge in [0, 0.05) is 31.5 Å². The fourth-order valence-corrected chi connectivity index (χ4v) is 2.52. The lowest BCUT2D eigenvalue weighted by molar-refractivity contribution is 0.577. The molecule has 1 fully saturated rings. The van der Waals surface area contributed by atoms with Gasteiger partial charge >= 0.3 is 0 Å². The van der Waals surface area contributed by atoms with Crippen LogP contribution in [0.2, 0.25) is 0 Å². The van der Waals surface area contributed by atoms with Crippen molar-refractivity contribution in [3.8, 4) is 0 Å². The molecule has 1 atom stereocenters. The van der Waals surface area contributed by atoms with E-state index >= 15 is 0 Å². The number of aryl methyl sites for hydroxylation is 1. The van der Waals surface area contributed by atoms with Gasteiger partial charge in [0.15, 0.2) is 0 Å². The Morgan fingerprint density at radius 3 is 2.52 bits per heavy atom. The monoisotopic (exact) mass is 290 g/mol. The quantitative estimate of drug-likeness (QED) is 0.943. The smallest absolute Gasteiger partial charge is 0.222 e. The van der Waals surface area contributed by atoms with Gasteiger partial charge in [-0.1, -0.05) is 6.07 Å². The van der Waals surface area contributed by atoms with E-state index in [2.05, 4.69) is 15.3 Å². The largest absolute Gasteiger partial charge is 0.365 e. The lowest BCUT2D eigenvalue weighted by Gasteiger charge is -2.20. The van der Waals surface area contributed by atoms with Gasteiger partial charge in [-0.15, -0.1) is 0 Å². The Balaban J connectivity index is 1.69. The van der Waals surface area contributed by atoms with Gasteiger partial charge in [0.1, 0.15) is 17.3 Å². The van der Waals surface area contributed by atoms with Crippen molar-refractivity contribution in [2.75, 3.05) is 23.3 Å². The molecule has 3 rings (SSSR count). The highest BCUT2D eigenvalue weighted by molar-refractivity contribution is 5.51. The van der Waals surface area contributed by atoms with Crippen LogP contribution in [0.4, 0.5) is 20.4 Å². The van der Waals surface area contributed by atoms with Crippen LogP contribution in [0.15, 0.2) is 30.6 Å². The Morgan fingerprint density at radius 1 is 1.19 bits per heavy atom. The SMILES string of the molecule is Cc1cnc(NC2CCN(c3c(F)cccc3F)C2)nc1. The molecule has 0 radical (unpaired) electrons. The van der Waals surface area contributed by atoms with Gasteiger partial charge in [-0.05, 0) is 31.0 Å². The van der Waals surface area contributed by atoms with Crippen LogP contribution < -0.4 is 10.2 Å². The first-order valence-electron chi connectivity index (χ1n) is 6.87. The summed E-state index contributed by atoms with van der Waals surface area (Å²) < 4.78 is 27.5. The van der Waals surface area contributed by atoms with E-state index in [4.69, 9.17) is 0 Å². The standard InChI is InChI=1S/C15H16F2N4/c1-10-7-18-15(19-8-10)20-11-5-6-21(9-11)14-12(16)3-2-4-13(14)17/h2-4,7-8,11H,5-6,9H2,1H3,(H,18,19,20). The number of nitrogens with one attached hydrogen (secondary N) is 1. The summed E-state index contributed by atoms with van der Waals surface area (Å²) in [5, 5.41) is 3.20. The van der Waals surface area contributed by atoms with Gasteiger partial charge < -0.3 is 10.2 Å². The molecule has 1 unspecified atom stereocenters. The first-order chi connectivity index (χ1) is 10.1. The number of rotatable bonds is 3. The molecule has 2 aromatic rings. The average Bonchev–Trinajstić information content (AvgIpc) is 2.89. The Labute approximate surface area is 121 Å². The Bertz CT molecular complexity index is 610. The van der Waals surface area contributed by atoms with E-state index in [1.54, 1.807) is 17.3 Å². The van der Waals surface area contributed by atoms with Crippen molar-refractivity contribution >= 4 is 11.6 Å². The van der Waals surface area contributed by atoms with Crippen molar-refractivity contribution in [2.24, 2.45) is 0 Å². The Hall–Kier alpha value is -2.24. The molecule has 6 heteroatoms. The first kappa shape index (κ1) is 13.7. The van der Waals surface area contributed by atoms with Crippen molar-refractivity contribution in [3.63, 3.8) is 0 Å². The summed E-state index contributed by atoms with van der Waals surface area (Å²) >= 11 is 0. The van der Waals surface area contributed by atoms with Gasteiger partial charge in [-0.25, -0.2) is 18.7 Å². The number of para-hydroxylation sites is 1. The highest BCUT2D eigenvalue weighted by Gasteiger charge is 2.26. The summed E-state index contributed by atoms with van der Waals surface area (Å²) in [6.07, 6.45) is 4.25. The van der Waals surface area contributed by atoms with E-state index in [0.29, 0.717) is 19.0 Å². The van der Waals surface area contributed by atoms with Crippen LogP contribution in [0.1, 0.15) is 12.0 Å². The number of anilines is 2. The number of nitrogens with zero attached hydrogens (tertiary/aromatic N) is 3. The maximum atomic E-state index is 13.8. The van der Waals surface area contributed by atoms with E-state index in [1.807, 2.05) is 6.92 Å². The summed E-state index contributed by atoms with van der Waals surface area (Å²) in [4.78, 5) is 10.1. The second kappa shape index (κ2) is 5.63. The molecule has 0 saturated carbocycles. The summed E-state index contributed by atoms with van der Waals surface area (Å²) in [6, 6.07) is 4.01. The van der Waals surface area contributed by atoms with Crippen LogP contribution in [0.5, 0.6) is 0 Å². The van der Waals surface area contributed by atoms with E-state index in [-0.39, 0.29) is 11.7 Å². The minimum Gasteiger partial charge on any atom is -0.365 e. The third kappa shape index (κ3) is 2.94. The molecule has 2 heterocycles. The second-order valence-corrected chi connectivity index (χ2v) is 5.23. The van der Waals surface area contributed by atoms with E-state index in [1.165, 1.54) is 18.2 Å². The molecule has 1 aromatic heterocycles. The van der Waals surface area contributed by atoms with Crippen molar-refractivity contribution in [1.29, 1.82) is 0 Å². The molecule has 1 saturated heterocycles. The number of benzene rings is 1. The molecule has 1 aliphatic rings. The van der Waals surface area contributed by atoms with E-state index in [9.17, 15) is 8.78 Å². The topological polar surface area (TPSA) is 41.1 Å². The third-order valence-corrected chi connectivity index (χ3v) is 3.56. The maximum Gasteiger partial charge on any atom is 0.222 e. The van der Waals surface area contributed by atoms with E-state index < -0.39 is 11.6 Å². The zero-order valence-corrected chi connectivity index (χ0v) is 11.7. The number of hydrogen-bond acceptors (Lipinski definition) is 4. The molecule has 0 amide bonds. The predicted molar refractivity (Wildman–Crippen MR) is 77.4 cm³/mol. The van der Waals surface area contributed by atoms with Crippen LogP contribution in [-0.2, 0) is 0 Å². The first-order valence-corrected chi connectivity index (χ1v) is 6.87. The van der Waals surface area contributed by atoms with E-state index in [0.717, 1.165) is 12.0 Å². The van der Waals surface area contributed by atoms with Crippen molar-refractivity contribution in [3.05, 3.63) is 47.8 Å². The van der Waals surface area contributed by atoms with Gasteiger partial charge in [0.2, 0.25) is 5.95 Å². The maximum absolute atomic E-state index is 13.8. The van der Waals surface area contributed by atoms with Gasteiger partial charge in [-0.2, -0.15) is 0 Å². The van der Waals surface area contributed by atoms with Gasteiger partial charge in [-0.3, -0.25) is 0 Å². The molecule has 1 N–H and O–H groups in total. The van der Waals surface area contributed by atoms with Crippen molar-refractivity contribution in [1.82, 2.24) is 9.97 Å². The van der Waals surface area contributed by atoms with Crippen molar-refractivity contribution < 1.29 is 8.78 Å². The van der Waals surface area contributed by atoms with Crippen LogP contribution in [-0.4, -0.2) is 29.1 Å². The molecule has 0 bridgehead atoms. The van der Waals surface area contributed by atoms with Gasteiger partial charge in [0.05, 0.1) is 0 Å². The fraction of sp³-hybridized carbons (Fsp3) is 0.333. The molecular formula is C15H16F2N4. The normalized spacial score (nSPS) is 18.0. The Kier molecular flexibility index (Phi) is 3.68. The highest BCUT2D eigenvalue weighted by atomic mass is 19.1. The second-order valence-electron chi connectivity index (χ2n) is 5.23. The number of halogens is 2. The minimum absolute atomic E-state index is 0.0478. The van der Waals surface area contributed by atoms with Crippen molar-refractivity contribution in [2.45, 2.75) is 19.4 Å². The number of aromatic nitrogens is 2. The lowest BCUT2D eigenvalue weighted by Crippen LogP contribution is -2.27. The predicted octanol–water partition coefficient (Wildman–Crippen LogP) is 2.75. The molecule has 0 spiro atoms. The third-order valence-electron chi connectivity index (χ3n) is 3.56. The zero-order valence-electron chi connectivity index (χ0n) is 11.7. The lowest BCUT2D eigenvalue weighted by atomic mass is 10.2. The fourth-order valence-electron chi connectivity index (χ4n) is 2.52. The molecule has 110 valence electrons. The average molecular weight is 290 g/mol. The molecule has 1 aromatic carbocycles. The molecule has 0 aliphatic carbocycles. The van der Waals surface area contributed by atoms with Crippen LogP contribution in [0.3, 0.4) is 0 Å². The van der Waals surface area contributed by atoms with Crippen LogP contribution in [0, 0.1) is 18.6 Å². The van der Waals surface area contributed by atoms with Gasteiger partial charge in [0.25, 0.3) is 0 Å². The van der Waals surface area contributed by atoms with Crippen LogP contribution in [0.25, 0.3) is 0 Å². The minimum atomic E-state index is -0.526. The molecule has 1 aliphatic heterocycles. The summed E-state index contributed by atoms with van der Waals surface area (Å²) in [6.45, 7) is 3.04. The zero-order chi connectivity index (χ0) is 14.8. The molecule has 21 heavy (non-hydrogen) atoms. The summed E-state index contributed by atoms with van der Waals surface area (Å²) in [7, 11) is 0.